The first kappa shape index (κ1) is 17.5. The van der Waals surface area contributed by atoms with Gasteiger partial charge in [-0.1, -0.05) is 30.3 Å². The number of benzene rings is 2. The summed E-state index contributed by atoms with van der Waals surface area (Å²) in [5.74, 6) is -0.331. The third-order valence-electron chi connectivity index (χ3n) is 5.13. The molecule has 1 aliphatic rings. The number of carbonyl (C=O) groups excluding carboxylic acids is 1. The molecule has 0 fully saturated rings. The van der Waals surface area contributed by atoms with Crippen molar-refractivity contribution in [3.05, 3.63) is 71.6 Å². The predicted octanol–water partition coefficient (Wildman–Crippen LogP) is 3.50. The molecule has 138 valence electrons. The molecule has 1 aliphatic carbocycles. The van der Waals surface area contributed by atoms with Crippen LogP contribution in [0.4, 0.5) is 0 Å². The van der Waals surface area contributed by atoms with Crippen molar-refractivity contribution in [2.45, 2.75) is 25.4 Å². The molecule has 2 aromatic carbocycles. The SMILES string of the molecule is COC(=O)/C=C/c1ccc2c(c1)CCC2NCCn1cnc2ccccc21. The largest absolute Gasteiger partial charge is 0.466 e. The Morgan fingerprint density at radius 1 is 1.33 bits per heavy atom. The molecular weight excluding hydrogens is 338 g/mol. The molecule has 5 heteroatoms. The van der Waals surface area contributed by atoms with Crippen LogP contribution >= 0.6 is 0 Å². The Morgan fingerprint density at radius 3 is 3.11 bits per heavy atom. The van der Waals surface area contributed by atoms with Gasteiger partial charge in [-0.3, -0.25) is 0 Å². The predicted molar refractivity (Wildman–Crippen MR) is 106 cm³/mol. The molecule has 0 aliphatic heterocycles. The second-order valence-corrected chi connectivity index (χ2v) is 6.79. The minimum absolute atomic E-state index is 0.331. The van der Waals surface area contributed by atoms with Crippen LogP contribution in [0.5, 0.6) is 0 Å². The van der Waals surface area contributed by atoms with Gasteiger partial charge in [0.25, 0.3) is 0 Å². The van der Waals surface area contributed by atoms with Crippen molar-refractivity contribution in [3.63, 3.8) is 0 Å². The Balaban J connectivity index is 1.38. The summed E-state index contributed by atoms with van der Waals surface area (Å²) in [7, 11) is 1.39. The Kier molecular flexibility index (Phi) is 5.03. The van der Waals surface area contributed by atoms with E-state index in [1.165, 1.54) is 29.8 Å². The van der Waals surface area contributed by atoms with Crippen LogP contribution in [-0.2, 0) is 22.5 Å². The number of hydrogen-bond acceptors (Lipinski definition) is 4. The normalized spacial score (nSPS) is 16.1. The molecule has 0 saturated carbocycles. The summed E-state index contributed by atoms with van der Waals surface area (Å²) in [4.78, 5) is 15.7. The van der Waals surface area contributed by atoms with Crippen molar-refractivity contribution < 1.29 is 9.53 Å². The van der Waals surface area contributed by atoms with Gasteiger partial charge in [-0.25, -0.2) is 9.78 Å². The number of hydrogen-bond donors (Lipinski definition) is 1. The first-order valence-corrected chi connectivity index (χ1v) is 9.27. The van der Waals surface area contributed by atoms with E-state index in [2.05, 4.69) is 43.9 Å². The zero-order valence-corrected chi connectivity index (χ0v) is 15.4. The maximum Gasteiger partial charge on any atom is 0.330 e. The molecule has 1 atom stereocenters. The lowest BCUT2D eigenvalue weighted by Gasteiger charge is -2.15. The fourth-order valence-electron chi connectivity index (χ4n) is 3.73. The Labute approximate surface area is 158 Å². The Morgan fingerprint density at radius 2 is 2.22 bits per heavy atom. The summed E-state index contributed by atoms with van der Waals surface area (Å²) in [5.41, 5.74) is 5.96. The van der Waals surface area contributed by atoms with Gasteiger partial charge in [0.2, 0.25) is 0 Å². The molecule has 1 aromatic heterocycles. The highest BCUT2D eigenvalue weighted by atomic mass is 16.5. The zero-order valence-electron chi connectivity index (χ0n) is 15.4. The first-order valence-electron chi connectivity index (χ1n) is 9.27. The highest BCUT2D eigenvalue weighted by molar-refractivity contribution is 5.87. The van der Waals surface area contributed by atoms with E-state index in [4.69, 9.17) is 0 Å². The van der Waals surface area contributed by atoms with Gasteiger partial charge in [-0.2, -0.15) is 0 Å². The fourth-order valence-corrected chi connectivity index (χ4v) is 3.73. The Bertz CT molecular complexity index is 990. The number of nitrogens with zero attached hydrogens (tertiary/aromatic N) is 2. The van der Waals surface area contributed by atoms with E-state index >= 15 is 0 Å². The maximum atomic E-state index is 11.2. The minimum Gasteiger partial charge on any atom is -0.466 e. The summed E-state index contributed by atoms with van der Waals surface area (Å²) in [6.45, 7) is 1.79. The fraction of sp³-hybridized carbons (Fsp3) is 0.273. The number of aromatic nitrogens is 2. The van der Waals surface area contributed by atoms with Gasteiger partial charge in [-0.05, 0) is 47.7 Å². The summed E-state index contributed by atoms with van der Waals surface area (Å²) in [6.07, 6.45) is 7.33. The highest BCUT2D eigenvalue weighted by Gasteiger charge is 2.21. The molecule has 0 bridgehead atoms. The molecule has 3 aromatic rings. The first-order chi connectivity index (χ1) is 13.2. The third kappa shape index (κ3) is 3.78. The average molecular weight is 361 g/mol. The molecule has 1 N–H and O–H groups in total. The molecular formula is C22H23N3O2. The van der Waals surface area contributed by atoms with Crippen molar-refractivity contribution in [1.82, 2.24) is 14.9 Å². The van der Waals surface area contributed by atoms with E-state index in [-0.39, 0.29) is 5.97 Å². The summed E-state index contributed by atoms with van der Waals surface area (Å²) in [5, 5.41) is 3.68. The number of esters is 1. The van der Waals surface area contributed by atoms with E-state index in [1.54, 1.807) is 6.08 Å². The van der Waals surface area contributed by atoms with Gasteiger partial charge in [-0.15, -0.1) is 0 Å². The number of rotatable bonds is 6. The number of carbonyl (C=O) groups is 1. The monoisotopic (exact) mass is 361 g/mol. The van der Waals surface area contributed by atoms with E-state index in [0.717, 1.165) is 37.0 Å². The molecule has 5 nitrogen and oxygen atoms in total. The molecule has 0 amide bonds. The number of nitrogens with one attached hydrogen (secondary N) is 1. The molecule has 1 unspecified atom stereocenters. The molecule has 4 rings (SSSR count). The topological polar surface area (TPSA) is 56.1 Å². The molecule has 0 saturated heterocycles. The molecule has 1 heterocycles. The van der Waals surface area contributed by atoms with E-state index in [0.29, 0.717) is 6.04 Å². The quantitative estimate of drug-likeness (QED) is 0.539. The maximum absolute atomic E-state index is 11.2. The molecule has 0 radical (unpaired) electrons. The van der Waals surface area contributed by atoms with Gasteiger partial charge in [0, 0.05) is 25.2 Å². The van der Waals surface area contributed by atoms with Crippen LogP contribution in [-0.4, -0.2) is 29.2 Å². The molecule has 27 heavy (non-hydrogen) atoms. The van der Waals surface area contributed by atoms with Gasteiger partial charge >= 0.3 is 5.97 Å². The Hall–Kier alpha value is -2.92. The second-order valence-electron chi connectivity index (χ2n) is 6.79. The summed E-state index contributed by atoms with van der Waals surface area (Å²) < 4.78 is 6.83. The number of aryl methyl sites for hydroxylation is 1. The van der Waals surface area contributed by atoms with Gasteiger partial charge in [0.15, 0.2) is 0 Å². The van der Waals surface area contributed by atoms with Crippen molar-refractivity contribution >= 4 is 23.1 Å². The van der Waals surface area contributed by atoms with Crippen molar-refractivity contribution in [2.75, 3.05) is 13.7 Å². The van der Waals surface area contributed by atoms with E-state index < -0.39 is 0 Å². The lowest BCUT2D eigenvalue weighted by atomic mass is 10.0. The van der Waals surface area contributed by atoms with Crippen LogP contribution in [0.15, 0.2) is 54.9 Å². The van der Waals surface area contributed by atoms with E-state index in [1.807, 2.05) is 24.5 Å². The third-order valence-corrected chi connectivity index (χ3v) is 5.13. The van der Waals surface area contributed by atoms with Gasteiger partial charge in [0.1, 0.15) is 0 Å². The zero-order chi connectivity index (χ0) is 18.6. The van der Waals surface area contributed by atoms with Crippen LogP contribution in [0.1, 0.15) is 29.2 Å². The molecule has 0 spiro atoms. The summed E-state index contributed by atoms with van der Waals surface area (Å²) in [6, 6.07) is 15.0. The van der Waals surface area contributed by atoms with Crippen LogP contribution in [0.25, 0.3) is 17.1 Å². The van der Waals surface area contributed by atoms with Gasteiger partial charge < -0.3 is 14.6 Å². The van der Waals surface area contributed by atoms with E-state index in [9.17, 15) is 4.79 Å². The van der Waals surface area contributed by atoms with Crippen molar-refractivity contribution in [3.8, 4) is 0 Å². The number of fused-ring (bicyclic) bond motifs is 2. The standard InChI is InChI=1S/C22H23N3O2/c1-27-22(26)11-7-16-6-9-18-17(14-16)8-10-19(18)23-12-13-25-15-24-20-4-2-3-5-21(20)25/h2-7,9,11,14-15,19,23H,8,10,12-13H2,1H3/b11-7+. The van der Waals surface area contributed by atoms with Gasteiger partial charge in [0.05, 0.1) is 24.5 Å². The lowest BCUT2D eigenvalue weighted by Crippen LogP contribution is -2.23. The van der Waals surface area contributed by atoms with Crippen LogP contribution in [0, 0.1) is 0 Å². The number of ether oxygens (including phenoxy) is 1. The second kappa shape index (κ2) is 7.76. The number of methoxy groups -OCH3 is 1. The van der Waals surface area contributed by atoms with Crippen LogP contribution < -0.4 is 5.32 Å². The van der Waals surface area contributed by atoms with Crippen LogP contribution in [0.2, 0.25) is 0 Å². The number of para-hydroxylation sites is 2. The average Bonchev–Trinajstić information content (AvgIpc) is 3.30. The number of imidazole rings is 1. The van der Waals surface area contributed by atoms with Crippen LogP contribution in [0.3, 0.4) is 0 Å². The lowest BCUT2D eigenvalue weighted by molar-refractivity contribution is -0.134. The smallest absolute Gasteiger partial charge is 0.330 e. The minimum atomic E-state index is -0.331. The van der Waals surface area contributed by atoms with Crippen molar-refractivity contribution in [2.24, 2.45) is 0 Å². The summed E-state index contributed by atoms with van der Waals surface area (Å²) >= 11 is 0. The highest BCUT2D eigenvalue weighted by Crippen LogP contribution is 2.32. The van der Waals surface area contributed by atoms with Crippen molar-refractivity contribution in [1.29, 1.82) is 0 Å².